The number of benzene rings is 1. The Morgan fingerprint density at radius 1 is 1.23 bits per heavy atom. The number of fused-ring (bicyclic) bond motifs is 3. The van der Waals surface area contributed by atoms with Crippen LogP contribution in [0.3, 0.4) is 0 Å². The zero-order chi connectivity index (χ0) is 23.2. The van der Waals surface area contributed by atoms with E-state index in [-0.39, 0.29) is 18.3 Å². The molecule has 3 heterocycles. The Labute approximate surface area is 180 Å². The third-order valence-electron chi connectivity index (χ3n) is 5.18. The molecule has 0 aliphatic carbocycles. The molecule has 0 N–H and O–H groups in total. The number of hydrogen-bond donors (Lipinski definition) is 0. The normalized spacial score (nSPS) is 16.0. The molecule has 2 aromatic heterocycles. The number of rotatable bonds is 2. The fraction of sp³-hybridized carbons (Fsp3) is 0.360. The minimum Gasteiger partial charge on any atom is -0.444 e. The monoisotopic (exact) mass is 405 g/mol. The Balaban J connectivity index is 1.82. The van der Waals surface area contributed by atoms with Crippen molar-refractivity contribution in [1.82, 2.24) is 14.5 Å². The molecule has 1 amide bonds. The molecule has 5 heteroatoms. The van der Waals surface area contributed by atoms with Crippen LogP contribution >= 0.6 is 0 Å². The lowest BCUT2D eigenvalue weighted by atomic mass is 10.0. The number of nitrogens with zero attached hydrogens (tertiary/aromatic N) is 3. The van der Waals surface area contributed by atoms with Crippen LogP contribution in [0.1, 0.15) is 51.6 Å². The molecule has 0 saturated carbocycles. The molecule has 0 fully saturated rings. The summed E-state index contributed by atoms with van der Waals surface area (Å²) in [5.74, 6) is 0. The van der Waals surface area contributed by atoms with Gasteiger partial charge >= 0.3 is 6.09 Å². The van der Waals surface area contributed by atoms with Crippen LogP contribution in [0.2, 0.25) is 0 Å². The average molecular weight is 406 g/mol. The van der Waals surface area contributed by atoms with E-state index in [1.54, 1.807) is 11.1 Å². The van der Waals surface area contributed by atoms with Gasteiger partial charge in [0.25, 0.3) is 0 Å². The summed E-state index contributed by atoms with van der Waals surface area (Å²) >= 11 is 0. The van der Waals surface area contributed by atoms with Crippen LogP contribution in [0.4, 0.5) is 4.79 Å². The maximum atomic E-state index is 12.7. The molecule has 0 unspecified atom stereocenters. The van der Waals surface area contributed by atoms with E-state index in [1.165, 1.54) is 0 Å². The third-order valence-corrected chi connectivity index (χ3v) is 5.18. The molecule has 1 aliphatic rings. The molecule has 30 heavy (non-hydrogen) atoms. The van der Waals surface area contributed by atoms with E-state index in [0.29, 0.717) is 25.1 Å². The van der Waals surface area contributed by atoms with Crippen LogP contribution < -0.4 is 0 Å². The van der Waals surface area contributed by atoms with Gasteiger partial charge in [-0.25, -0.2) is 4.79 Å². The molecule has 0 radical (unpaired) electrons. The average Bonchev–Trinajstić information content (AvgIpc) is 3.05. The van der Waals surface area contributed by atoms with Crippen LogP contribution in [0.5, 0.6) is 0 Å². The molecule has 1 aromatic carbocycles. The molecule has 0 saturated heterocycles. The zero-order valence-electron chi connectivity index (χ0n) is 20.2. The highest BCUT2D eigenvalue weighted by Crippen LogP contribution is 2.32. The number of aryl methyl sites for hydroxylation is 2. The van der Waals surface area contributed by atoms with Crippen molar-refractivity contribution in [2.75, 3.05) is 6.54 Å². The van der Waals surface area contributed by atoms with Gasteiger partial charge in [-0.3, -0.25) is 4.98 Å². The largest absolute Gasteiger partial charge is 0.444 e. The smallest absolute Gasteiger partial charge is 0.410 e. The summed E-state index contributed by atoms with van der Waals surface area (Å²) in [5, 5.41) is 1.01. The van der Waals surface area contributed by atoms with Gasteiger partial charge in [0.15, 0.2) is 0 Å². The topological polar surface area (TPSA) is 47.4 Å². The molecule has 156 valence electrons. The number of aromatic nitrogens is 2. The fourth-order valence-electron chi connectivity index (χ4n) is 3.74. The summed E-state index contributed by atoms with van der Waals surface area (Å²) < 4.78 is 25.0. The van der Waals surface area contributed by atoms with E-state index in [9.17, 15) is 4.79 Å². The number of hydrogen-bond acceptors (Lipinski definition) is 3. The second-order valence-corrected chi connectivity index (χ2v) is 8.86. The minimum atomic E-state index is -0.554. The van der Waals surface area contributed by atoms with Gasteiger partial charge < -0.3 is 14.2 Å². The van der Waals surface area contributed by atoms with Gasteiger partial charge in [-0.05, 0) is 64.4 Å². The Morgan fingerprint density at radius 2 is 2.03 bits per heavy atom. The lowest BCUT2D eigenvalue weighted by molar-refractivity contribution is 0.0224. The number of ether oxygens (including phenoxy) is 1. The fourth-order valence-corrected chi connectivity index (χ4v) is 3.74. The number of pyridine rings is 1. The highest BCUT2D eigenvalue weighted by Gasteiger charge is 2.29. The lowest BCUT2D eigenvalue weighted by Gasteiger charge is -2.30. The van der Waals surface area contributed by atoms with Crippen LogP contribution in [-0.2, 0) is 17.7 Å². The van der Waals surface area contributed by atoms with Gasteiger partial charge in [-0.15, -0.1) is 0 Å². The first-order valence-corrected chi connectivity index (χ1v) is 10.3. The van der Waals surface area contributed by atoms with Crippen LogP contribution in [0, 0.1) is 13.8 Å². The Hall–Kier alpha value is -3.08. The predicted molar refractivity (Wildman–Crippen MR) is 121 cm³/mol. The van der Waals surface area contributed by atoms with E-state index >= 15 is 0 Å². The van der Waals surface area contributed by atoms with Crippen molar-refractivity contribution in [3.8, 4) is 0 Å². The van der Waals surface area contributed by atoms with Gasteiger partial charge in [-0.1, -0.05) is 17.7 Å². The summed E-state index contributed by atoms with van der Waals surface area (Å²) in [7, 11) is 0. The highest BCUT2D eigenvalue weighted by atomic mass is 16.6. The second-order valence-electron chi connectivity index (χ2n) is 8.86. The third kappa shape index (κ3) is 4.11. The van der Waals surface area contributed by atoms with Gasteiger partial charge in [-0.2, -0.15) is 0 Å². The van der Waals surface area contributed by atoms with Crippen molar-refractivity contribution < 1.29 is 12.3 Å². The molecular formula is C25H29N3O2. The Morgan fingerprint density at radius 3 is 2.73 bits per heavy atom. The predicted octanol–water partition coefficient (Wildman–Crippen LogP) is 5.57. The molecule has 5 nitrogen and oxygen atoms in total. The van der Waals surface area contributed by atoms with E-state index < -0.39 is 5.60 Å². The Bertz CT molecular complexity index is 1220. The van der Waals surface area contributed by atoms with Gasteiger partial charge in [0, 0.05) is 47.7 Å². The first-order valence-electron chi connectivity index (χ1n) is 11.3. The quantitative estimate of drug-likeness (QED) is 0.560. The standard InChI is InChI=1S/C25H29N3O2/c1-17-6-9-22-20(14-17)21-16-27(24(29)30-25(3,4)5)12-11-23(21)28(22)13-10-19-8-7-18(2)26-15-19/h6-10,13-15H,11-12,16H2,1-5H3/b13-10+/i10D,13D. The number of amides is 1. The maximum absolute atomic E-state index is 12.7. The summed E-state index contributed by atoms with van der Waals surface area (Å²) in [6.45, 7) is 10.4. The van der Waals surface area contributed by atoms with Gasteiger partial charge in [0.2, 0.25) is 0 Å². The molecular weight excluding hydrogens is 374 g/mol. The van der Waals surface area contributed by atoms with E-state index in [4.69, 9.17) is 7.48 Å². The van der Waals surface area contributed by atoms with Gasteiger partial charge in [0.05, 0.1) is 14.8 Å². The molecule has 3 aromatic rings. The van der Waals surface area contributed by atoms with Crippen LogP contribution in [0.25, 0.3) is 23.1 Å². The van der Waals surface area contributed by atoms with E-state index in [2.05, 4.69) is 11.1 Å². The maximum Gasteiger partial charge on any atom is 0.410 e. The van der Waals surface area contributed by atoms with Crippen molar-refractivity contribution >= 4 is 29.2 Å². The highest BCUT2D eigenvalue weighted by molar-refractivity contribution is 5.89. The second kappa shape index (κ2) is 7.63. The minimum absolute atomic E-state index is 0.108. The first-order chi connectivity index (χ1) is 15.0. The number of carbonyl (C=O) groups excluding carboxylic acids is 1. The van der Waals surface area contributed by atoms with Crippen molar-refractivity contribution in [1.29, 1.82) is 0 Å². The Kier molecular flexibility index (Phi) is 4.52. The molecule has 0 spiro atoms. The van der Waals surface area contributed by atoms with Gasteiger partial charge in [0.1, 0.15) is 5.60 Å². The number of carbonyl (C=O) groups is 1. The SMILES string of the molecule is [2H]/C(=C(/[2H])n1c2c(c3cc(C)ccc31)CN(C(=O)OC(C)(C)C)CC2)c1ccc(C)nc1. The van der Waals surface area contributed by atoms with Crippen LogP contribution in [-0.4, -0.2) is 32.7 Å². The zero-order valence-corrected chi connectivity index (χ0v) is 18.2. The van der Waals surface area contributed by atoms with E-state index in [0.717, 1.165) is 33.4 Å². The molecule has 1 aliphatic heterocycles. The lowest BCUT2D eigenvalue weighted by Crippen LogP contribution is -2.40. The first kappa shape index (κ1) is 17.8. The molecule has 4 rings (SSSR count). The van der Waals surface area contributed by atoms with Crippen molar-refractivity contribution in [3.05, 3.63) is 64.6 Å². The summed E-state index contributed by atoms with van der Waals surface area (Å²) in [6, 6.07) is 9.89. The van der Waals surface area contributed by atoms with Crippen LogP contribution in [0.15, 0.2) is 36.5 Å². The summed E-state index contributed by atoms with van der Waals surface area (Å²) in [4.78, 5) is 18.7. The van der Waals surface area contributed by atoms with Crippen molar-refractivity contribution in [2.45, 2.75) is 53.2 Å². The molecule has 0 atom stereocenters. The van der Waals surface area contributed by atoms with Crippen molar-refractivity contribution in [2.24, 2.45) is 0 Å². The van der Waals surface area contributed by atoms with Crippen molar-refractivity contribution in [3.63, 3.8) is 0 Å². The summed E-state index contributed by atoms with van der Waals surface area (Å²) in [5.41, 5.74) is 4.89. The van der Waals surface area contributed by atoms with E-state index in [1.807, 2.05) is 63.5 Å². The summed E-state index contributed by atoms with van der Waals surface area (Å²) in [6.07, 6.45) is 2.00. The molecule has 0 bridgehead atoms.